The molecule has 94 valence electrons. The lowest BCUT2D eigenvalue weighted by atomic mass is 10.0. The van der Waals surface area contributed by atoms with Gasteiger partial charge < -0.3 is 4.57 Å². The summed E-state index contributed by atoms with van der Waals surface area (Å²) >= 11 is 3.40. The van der Waals surface area contributed by atoms with E-state index < -0.39 is 0 Å². The molecule has 0 aliphatic rings. The molecule has 0 saturated heterocycles. The summed E-state index contributed by atoms with van der Waals surface area (Å²) in [4.78, 5) is 16.7. The summed E-state index contributed by atoms with van der Waals surface area (Å²) in [6.45, 7) is 4.83. The third-order valence-corrected chi connectivity index (χ3v) is 3.32. The Morgan fingerprint density at radius 1 is 1.44 bits per heavy atom. The molecule has 0 N–H and O–H groups in total. The van der Waals surface area contributed by atoms with E-state index in [0.29, 0.717) is 11.4 Å². The largest absolute Gasteiger partial charge is 0.328 e. The topological polar surface area (TPSA) is 34.9 Å². The molecule has 0 atom stereocenters. The SMILES string of the molecule is CCCn1ccnc1C(=O)c1cc(Br)ccc1C. The molecule has 0 bridgehead atoms. The van der Waals surface area contributed by atoms with E-state index in [-0.39, 0.29) is 5.78 Å². The number of aryl methyl sites for hydroxylation is 2. The van der Waals surface area contributed by atoms with Gasteiger partial charge in [-0.25, -0.2) is 4.98 Å². The molecule has 18 heavy (non-hydrogen) atoms. The number of carbonyl (C=O) groups excluding carboxylic acids is 1. The van der Waals surface area contributed by atoms with E-state index in [0.717, 1.165) is 23.0 Å². The molecule has 2 rings (SSSR count). The highest BCUT2D eigenvalue weighted by Crippen LogP contribution is 2.19. The van der Waals surface area contributed by atoms with Crippen LogP contribution in [0.2, 0.25) is 0 Å². The van der Waals surface area contributed by atoms with Gasteiger partial charge in [0.1, 0.15) is 0 Å². The number of aromatic nitrogens is 2. The summed E-state index contributed by atoms with van der Waals surface area (Å²) < 4.78 is 2.81. The van der Waals surface area contributed by atoms with E-state index in [2.05, 4.69) is 27.8 Å². The Kier molecular flexibility index (Phi) is 3.97. The van der Waals surface area contributed by atoms with Gasteiger partial charge in [-0.1, -0.05) is 28.9 Å². The van der Waals surface area contributed by atoms with Crippen LogP contribution in [-0.4, -0.2) is 15.3 Å². The second-order valence-corrected chi connectivity index (χ2v) is 5.15. The molecule has 0 fully saturated rings. The first kappa shape index (κ1) is 13.0. The summed E-state index contributed by atoms with van der Waals surface area (Å²) in [7, 11) is 0. The fourth-order valence-electron chi connectivity index (χ4n) is 1.90. The van der Waals surface area contributed by atoms with Crippen LogP contribution in [0.4, 0.5) is 0 Å². The van der Waals surface area contributed by atoms with Crippen LogP contribution in [0, 0.1) is 6.92 Å². The van der Waals surface area contributed by atoms with Crippen LogP contribution in [0.15, 0.2) is 35.1 Å². The zero-order chi connectivity index (χ0) is 13.1. The van der Waals surface area contributed by atoms with Gasteiger partial charge in [0.15, 0.2) is 5.82 Å². The Hall–Kier alpha value is -1.42. The number of nitrogens with zero attached hydrogens (tertiary/aromatic N) is 2. The van der Waals surface area contributed by atoms with E-state index in [4.69, 9.17) is 0 Å². The van der Waals surface area contributed by atoms with Crippen molar-refractivity contribution in [2.24, 2.45) is 0 Å². The minimum Gasteiger partial charge on any atom is -0.328 e. The smallest absolute Gasteiger partial charge is 0.228 e. The average molecular weight is 307 g/mol. The molecular formula is C14H15BrN2O. The maximum absolute atomic E-state index is 12.5. The van der Waals surface area contributed by atoms with Crippen LogP contribution < -0.4 is 0 Å². The van der Waals surface area contributed by atoms with Crippen molar-refractivity contribution >= 4 is 21.7 Å². The van der Waals surface area contributed by atoms with Crippen molar-refractivity contribution in [3.8, 4) is 0 Å². The zero-order valence-corrected chi connectivity index (χ0v) is 12.1. The predicted octanol–water partition coefficient (Wildman–Crippen LogP) is 3.60. The lowest BCUT2D eigenvalue weighted by molar-refractivity contribution is 0.102. The highest BCUT2D eigenvalue weighted by molar-refractivity contribution is 9.10. The van der Waals surface area contributed by atoms with Crippen LogP contribution in [0.25, 0.3) is 0 Å². The molecule has 2 aromatic rings. The zero-order valence-electron chi connectivity index (χ0n) is 10.5. The molecule has 0 radical (unpaired) electrons. The van der Waals surface area contributed by atoms with Crippen LogP contribution >= 0.6 is 15.9 Å². The van der Waals surface area contributed by atoms with Gasteiger partial charge in [-0.2, -0.15) is 0 Å². The summed E-state index contributed by atoms with van der Waals surface area (Å²) in [5, 5.41) is 0. The van der Waals surface area contributed by atoms with Gasteiger partial charge in [-0.15, -0.1) is 0 Å². The number of halogens is 1. The van der Waals surface area contributed by atoms with Gasteiger partial charge >= 0.3 is 0 Å². The first-order chi connectivity index (χ1) is 8.63. The Bertz CT molecular complexity index is 575. The number of hydrogen-bond acceptors (Lipinski definition) is 2. The molecule has 1 aromatic carbocycles. The third-order valence-electron chi connectivity index (χ3n) is 2.83. The van der Waals surface area contributed by atoms with Crippen molar-refractivity contribution in [2.75, 3.05) is 0 Å². The van der Waals surface area contributed by atoms with E-state index in [9.17, 15) is 4.79 Å². The average Bonchev–Trinajstić information content (AvgIpc) is 2.80. The summed E-state index contributed by atoms with van der Waals surface area (Å²) in [5.41, 5.74) is 1.67. The Morgan fingerprint density at radius 3 is 2.94 bits per heavy atom. The first-order valence-corrected chi connectivity index (χ1v) is 6.74. The number of hydrogen-bond donors (Lipinski definition) is 0. The highest BCUT2D eigenvalue weighted by atomic mass is 79.9. The van der Waals surface area contributed by atoms with Crippen molar-refractivity contribution < 1.29 is 4.79 Å². The summed E-state index contributed by atoms with van der Waals surface area (Å²) in [6, 6.07) is 5.72. The molecule has 1 aromatic heterocycles. The maximum atomic E-state index is 12.5. The quantitative estimate of drug-likeness (QED) is 0.809. The first-order valence-electron chi connectivity index (χ1n) is 5.95. The Morgan fingerprint density at radius 2 is 2.22 bits per heavy atom. The van der Waals surface area contributed by atoms with Gasteiger partial charge in [0, 0.05) is 29.0 Å². The molecule has 1 heterocycles. The molecule has 4 heteroatoms. The van der Waals surface area contributed by atoms with Crippen molar-refractivity contribution in [2.45, 2.75) is 26.8 Å². The van der Waals surface area contributed by atoms with Crippen molar-refractivity contribution in [1.82, 2.24) is 9.55 Å². The predicted molar refractivity (Wildman–Crippen MR) is 74.8 cm³/mol. The molecule has 0 unspecified atom stereocenters. The third kappa shape index (κ3) is 2.53. The monoisotopic (exact) mass is 306 g/mol. The fourth-order valence-corrected chi connectivity index (χ4v) is 2.26. The van der Waals surface area contributed by atoms with Gasteiger partial charge in [-0.05, 0) is 31.0 Å². The van der Waals surface area contributed by atoms with Crippen LogP contribution in [0.5, 0.6) is 0 Å². The standard InChI is InChI=1S/C14H15BrN2O/c1-3-7-17-8-6-16-14(17)13(18)12-9-11(15)5-4-10(12)2/h4-6,8-9H,3,7H2,1-2H3. The minimum absolute atomic E-state index is 0.0211. The normalized spacial score (nSPS) is 10.6. The van der Waals surface area contributed by atoms with Crippen LogP contribution in [-0.2, 0) is 6.54 Å². The van der Waals surface area contributed by atoms with Crippen molar-refractivity contribution in [3.63, 3.8) is 0 Å². The number of ketones is 1. The number of rotatable bonds is 4. The van der Waals surface area contributed by atoms with Gasteiger partial charge in [0.2, 0.25) is 5.78 Å². The van der Waals surface area contributed by atoms with Crippen LogP contribution in [0.1, 0.15) is 35.1 Å². The van der Waals surface area contributed by atoms with E-state index >= 15 is 0 Å². The van der Waals surface area contributed by atoms with E-state index in [1.54, 1.807) is 6.20 Å². The molecule has 0 saturated carbocycles. The summed E-state index contributed by atoms with van der Waals surface area (Å²) in [6.07, 6.45) is 4.51. The molecule has 0 aliphatic carbocycles. The van der Waals surface area contributed by atoms with Gasteiger partial charge in [0.05, 0.1) is 0 Å². The number of carbonyl (C=O) groups is 1. The van der Waals surface area contributed by atoms with Crippen LogP contribution in [0.3, 0.4) is 0 Å². The number of imidazole rings is 1. The van der Waals surface area contributed by atoms with Crippen molar-refractivity contribution in [3.05, 3.63) is 52.0 Å². The maximum Gasteiger partial charge on any atom is 0.228 e. The highest BCUT2D eigenvalue weighted by Gasteiger charge is 2.17. The lowest BCUT2D eigenvalue weighted by Crippen LogP contribution is -2.12. The van der Waals surface area contributed by atoms with Crippen molar-refractivity contribution in [1.29, 1.82) is 0 Å². The molecule has 3 nitrogen and oxygen atoms in total. The second-order valence-electron chi connectivity index (χ2n) is 4.23. The van der Waals surface area contributed by atoms with Gasteiger partial charge in [-0.3, -0.25) is 4.79 Å². The Labute approximate surface area is 115 Å². The molecule has 0 aliphatic heterocycles. The molecule has 0 amide bonds. The van der Waals surface area contributed by atoms with E-state index in [1.165, 1.54) is 0 Å². The van der Waals surface area contributed by atoms with E-state index in [1.807, 2.05) is 35.9 Å². The van der Waals surface area contributed by atoms with Gasteiger partial charge in [0.25, 0.3) is 0 Å². The minimum atomic E-state index is -0.0211. The number of benzene rings is 1. The second kappa shape index (κ2) is 5.48. The Balaban J connectivity index is 2.41. The molecular weight excluding hydrogens is 292 g/mol. The molecule has 0 spiro atoms. The fraction of sp³-hybridized carbons (Fsp3) is 0.286. The summed E-state index contributed by atoms with van der Waals surface area (Å²) in [5.74, 6) is 0.491. The lowest BCUT2D eigenvalue weighted by Gasteiger charge is -2.08.